The number of nitrogens with two attached hydrogens (primary N) is 1. The van der Waals surface area contributed by atoms with Crippen LogP contribution in [0.4, 0.5) is 10.5 Å². The summed E-state index contributed by atoms with van der Waals surface area (Å²) < 4.78 is 4.68. The van der Waals surface area contributed by atoms with Crippen LogP contribution in [0.1, 0.15) is 31.7 Å². The van der Waals surface area contributed by atoms with Gasteiger partial charge in [-0.05, 0) is 37.5 Å². The number of rotatable bonds is 5. The van der Waals surface area contributed by atoms with Gasteiger partial charge < -0.3 is 20.1 Å². The molecule has 1 heterocycles. The van der Waals surface area contributed by atoms with Crippen molar-refractivity contribution in [2.75, 3.05) is 18.4 Å². The molecule has 3 amide bonds. The third-order valence-corrected chi connectivity index (χ3v) is 3.93. The molecule has 0 aromatic heterocycles. The molecule has 0 aliphatic carbocycles. The number of ether oxygens (including phenoxy) is 1. The zero-order chi connectivity index (χ0) is 19.8. The van der Waals surface area contributed by atoms with Crippen molar-refractivity contribution in [1.82, 2.24) is 4.90 Å². The van der Waals surface area contributed by atoms with Crippen LogP contribution in [0, 0.1) is 0 Å². The van der Waals surface area contributed by atoms with E-state index in [9.17, 15) is 19.5 Å². The van der Waals surface area contributed by atoms with E-state index in [1.807, 2.05) is 0 Å². The molecule has 9 nitrogen and oxygen atoms in total. The highest BCUT2D eigenvalue weighted by Crippen LogP contribution is 2.12. The molecule has 4 N–H and O–H groups in total. The van der Waals surface area contributed by atoms with Gasteiger partial charge in [-0.15, -0.1) is 0 Å². The maximum atomic E-state index is 12.1. The second kappa shape index (κ2) is 9.79. The minimum atomic E-state index is -0.786. The van der Waals surface area contributed by atoms with E-state index in [4.69, 9.17) is 5.73 Å². The van der Waals surface area contributed by atoms with E-state index in [2.05, 4.69) is 15.0 Å². The number of aliphatic hydroxyl groups is 1. The molecule has 1 aliphatic rings. The number of carbonyl (C=O) groups is 3. The lowest BCUT2D eigenvalue weighted by Crippen LogP contribution is -2.41. The van der Waals surface area contributed by atoms with E-state index in [1.165, 1.54) is 13.1 Å². The summed E-state index contributed by atoms with van der Waals surface area (Å²) in [4.78, 5) is 40.6. The van der Waals surface area contributed by atoms with Crippen LogP contribution in [0.25, 0.3) is 0 Å². The van der Waals surface area contributed by atoms with Crippen LogP contribution in [0.3, 0.4) is 0 Å². The molecule has 1 aromatic rings. The topological polar surface area (TPSA) is 134 Å². The lowest BCUT2D eigenvalue weighted by molar-refractivity contribution is -0.136. The second-order valence-corrected chi connectivity index (χ2v) is 6.31. The second-order valence-electron chi connectivity index (χ2n) is 6.31. The van der Waals surface area contributed by atoms with Crippen LogP contribution in [0.15, 0.2) is 29.3 Å². The molecule has 0 spiro atoms. The van der Waals surface area contributed by atoms with Crippen LogP contribution >= 0.6 is 0 Å². The predicted molar refractivity (Wildman–Crippen MR) is 99.2 cm³/mol. The summed E-state index contributed by atoms with van der Waals surface area (Å²) in [6, 6.07) is 6.59. The van der Waals surface area contributed by atoms with Gasteiger partial charge in [0.2, 0.25) is 11.8 Å². The number of carbonyl (C=O) groups excluding carboxylic acids is 3. The fourth-order valence-electron chi connectivity index (χ4n) is 2.54. The Balaban J connectivity index is 1.81. The quantitative estimate of drug-likeness (QED) is 0.396. The number of aliphatic hydroxyl groups excluding tert-OH is 1. The Labute approximate surface area is 157 Å². The van der Waals surface area contributed by atoms with Gasteiger partial charge >= 0.3 is 6.09 Å². The average Bonchev–Trinajstić information content (AvgIpc) is 2.61. The number of piperidine rings is 1. The van der Waals surface area contributed by atoms with Crippen molar-refractivity contribution >= 4 is 29.8 Å². The molecule has 1 aromatic carbocycles. The zero-order valence-electron chi connectivity index (χ0n) is 15.1. The fraction of sp³-hybridized carbons (Fsp3) is 0.444. The number of anilines is 1. The Morgan fingerprint density at radius 3 is 2.56 bits per heavy atom. The summed E-state index contributed by atoms with van der Waals surface area (Å²) in [5.41, 5.74) is 6.48. The molecule has 146 valence electrons. The average molecular weight is 376 g/mol. The number of benzene rings is 1. The standard InChI is InChI=1S/C18H24N4O5/c1-12(19)27-18(26)20-11-13-2-4-14(5-3-13)21-16(24)10-17(25)22-8-6-15(23)7-9-22/h2-5,11-12,15,23H,6-10,19H2,1H3,(H,21,24). The molecule has 1 atom stereocenters. The molecule has 1 unspecified atom stereocenters. The lowest BCUT2D eigenvalue weighted by Gasteiger charge is -2.29. The number of amides is 3. The molecule has 0 bridgehead atoms. The van der Waals surface area contributed by atoms with Gasteiger partial charge in [-0.2, -0.15) is 4.99 Å². The minimum Gasteiger partial charge on any atom is -0.429 e. The lowest BCUT2D eigenvalue weighted by atomic mass is 10.1. The highest BCUT2D eigenvalue weighted by Gasteiger charge is 2.22. The molecule has 0 saturated carbocycles. The summed E-state index contributed by atoms with van der Waals surface area (Å²) in [5.74, 6) is -0.663. The first kappa shape index (κ1) is 20.5. The largest absolute Gasteiger partial charge is 0.435 e. The molecule has 0 radical (unpaired) electrons. The van der Waals surface area contributed by atoms with Crippen molar-refractivity contribution in [2.45, 2.75) is 38.5 Å². The number of nitrogens with zero attached hydrogens (tertiary/aromatic N) is 2. The van der Waals surface area contributed by atoms with E-state index in [-0.39, 0.29) is 18.4 Å². The summed E-state index contributed by atoms with van der Waals surface area (Å²) in [7, 11) is 0. The zero-order valence-corrected chi connectivity index (χ0v) is 15.1. The van der Waals surface area contributed by atoms with Crippen LogP contribution in [-0.4, -0.2) is 59.6 Å². The Kier molecular flexibility index (Phi) is 7.44. The monoisotopic (exact) mass is 376 g/mol. The molecule has 9 heteroatoms. The normalized spacial score (nSPS) is 16.2. The number of nitrogens with one attached hydrogen (secondary N) is 1. The predicted octanol–water partition coefficient (Wildman–Crippen LogP) is 0.859. The Hall–Kier alpha value is -2.78. The van der Waals surface area contributed by atoms with Crippen LogP contribution in [-0.2, 0) is 14.3 Å². The molecular weight excluding hydrogens is 352 g/mol. The van der Waals surface area contributed by atoms with Gasteiger partial charge in [-0.25, -0.2) is 4.79 Å². The Morgan fingerprint density at radius 2 is 1.96 bits per heavy atom. The minimum absolute atomic E-state index is 0.248. The SMILES string of the molecule is CC(N)OC(=O)N=Cc1ccc(NC(=O)CC(=O)N2CCC(O)CC2)cc1. The van der Waals surface area contributed by atoms with Crippen molar-refractivity contribution in [2.24, 2.45) is 10.7 Å². The molecule has 1 saturated heterocycles. The summed E-state index contributed by atoms with van der Waals surface area (Å²) >= 11 is 0. The van der Waals surface area contributed by atoms with E-state index in [0.717, 1.165) is 0 Å². The molecule has 2 rings (SSSR count). The smallest absolute Gasteiger partial charge is 0.429 e. The highest BCUT2D eigenvalue weighted by molar-refractivity contribution is 6.03. The first-order chi connectivity index (χ1) is 12.8. The van der Waals surface area contributed by atoms with E-state index in [1.54, 1.807) is 29.2 Å². The van der Waals surface area contributed by atoms with E-state index < -0.39 is 18.2 Å². The summed E-state index contributed by atoms with van der Waals surface area (Å²) in [5, 5.41) is 12.1. The van der Waals surface area contributed by atoms with Gasteiger partial charge in [0.05, 0.1) is 6.10 Å². The van der Waals surface area contributed by atoms with Gasteiger partial charge in [-0.3, -0.25) is 15.3 Å². The number of hydrogen-bond acceptors (Lipinski definition) is 6. The Morgan fingerprint density at radius 1 is 1.33 bits per heavy atom. The molecular formula is C18H24N4O5. The molecule has 27 heavy (non-hydrogen) atoms. The van der Waals surface area contributed by atoms with E-state index >= 15 is 0 Å². The Bertz CT molecular complexity index is 694. The van der Waals surface area contributed by atoms with Gasteiger partial charge in [0.1, 0.15) is 12.6 Å². The molecule has 1 fully saturated rings. The van der Waals surface area contributed by atoms with Gasteiger partial charge in [-0.1, -0.05) is 12.1 Å². The van der Waals surface area contributed by atoms with Crippen molar-refractivity contribution in [3.63, 3.8) is 0 Å². The number of hydrogen-bond donors (Lipinski definition) is 3. The fourth-order valence-corrected chi connectivity index (χ4v) is 2.54. The van der Waals surface area contributed by atoms with Crippen molar-refractivity contribution in [1.29, 1.82) is 0 Å². The summed E-state index contributed by atoms with van der Waals surface area (Å²) in [6.45, 7) is 2.45. The maximum Gasteiger partial charge on any atom is 0.435 e. The van der Waals surface area contributed by atoms with Crippen molar-refractivity contribution < 1.29 is 24.2 Å². The van der Waals surface area contributed by atoms with Crippen molar-refractivity contribution in [3.8, 4) is 0 Å². The van der Waals surface area contributed by atoms with Crippen LogP contribution in [0.5, 0.6) is 0 Å². The first-order valence-corrected chi connectivity index (χ1v) is 8.69. The van der Waals surface area contributed by atoms with Crippen LogP contribution < -0.4 is 11.1 Å². The van der Waals surface area contributed by atoms with Crippen LogP contribution in [0.2, 0.25) is 0 Å². The van der Waals surface area contributed by atoms with Gasteiger partial charge in [0, 0.05) is 25.0 Å². The van der Waals surface area contributed by atoms with E-state index in [0.29, 0.717) is 37.2 Å². The molecule has 1 aliphatic heterocycles. The number of aliphatic imine (C=N–C) groups is 1. The highest BCUT2D eigenvalue weighted by atomic mass is 16.6. The maximum absolute atomic E-state index is 12.1. The number of likely N-dealkylation sites (tertiary alicyclic amines) is 1. The van der Waals surface area contributed by atoms with Crippen molar-refractivity contribution in [3.05, 3.63) is 29.8 Å². The van der Waals surface area contributed by atoms with Gasteiger partial charge in [0.25, 0.3) is 0 Å². The van der Waals surface area contributed by atoms with Gasteiger partial charge in [0.15, 0.2) is 0 Å². The first-order valence-electron chi connectivity index (χ1n) is 8.69. The third-order valence-electron chi connectivity index (χ3n) is 3.93. The summed E-state index contributed by atoms with van der Waals surface area (Å²) in [6.07, 6.45) is 0.261. The third kappa shape index (κ3) is 7.16.